The van der Waals surface area contributed by atoms with Crippen molar-refractivity contribution in [1.29, 1.82) is 0 Å². The molecule has 16 heavy (non-hydrogen) atoms. The molecule has 1 rings (SSSR count). The van der Waals surface area contributed by atoms with Gasteiger partial charge in [-0.2, -0.15) is 0 Å². The number of carbonyl (C=O) groups excluding carboxylic acids is 2. The minimum Gasteiger partial charge on any atom is -0.352 e. The molecule has 0 bridgehead atoms. The van der Waals surface area contributed by atoms with Gasteiger partial charge >= 0.3 is 0 Å². The molecule has 4 heteroatoms. The normalized spacial score (nSPS) is 18.1. The van der Waals surface area contributed by atoms with Gasteiger partial charge in [-0.15, -0.1) is 6.58 Å². The Morgan fingerprint density at radius 2 is 2.06 bits per heavy atom. The second-order valence-electron chi connectivity index (χ2n) is 4.25. The minimum atomic E-state index is 0.0289. The summed E-state index contributed by atoms with van der Waals surface area (Å²) in [6.07, 6.45) is 3.42. The van der Waals surface area contributed by atoms with Gasteiger partial charge in [-0.25, -0.2) is 0 Å². The van der Waals surface area contributed by atoms with Crippen molar-refractivity contribution in [1.82, 2.24) is 10.2 Å². The molecule has 0 aromatic carbocycles. The van der Waals surface area contributed by atoms with Crippen molar-refractivity contribution in [2.24, 2.45) is 5.92 Å². The van der Waals surface area contributed by atoms with E-state index >= 15 is 0 Å². The summed E-state index contributed by atoms with van der Waals surface area (Å²) in [5, 5.41) is 2.75. The molecular formula is C12H20N2O2. The van der Waals surface area contributed by atoms with Crippen LogP contribution in [0.4, 0.5) is 0 Å². The molecule has 0 aromatic rings. The summed E-state index contributed by atoms with van der Waals surface area (Å²) in [6, 6.07) is 0. The number of amides is 1. The number of likely N-dealkylation sites (tertiary alicyclic amines) is 1. The van der Waals surface area contributed by atoms with Gasteiger partial charge in [0.05, 0.1) is 6.54 Å². The lowest BCUT2D eigenvalue weighted by Gasteiger charge is -2.30. The zero-order chi connectivity index (χ0) is 12.0. The van der Waals surface area contributed by atoms with Crippen LogP contribution in [0.2, 0.25) is 0 Å². The van der Waals surface area contributed by atoms with Crippen molar-refractivity contribution < 1.29 is 9.59 Å². The first-order valence-electron chi connectivity index (χ1n) is 5.74. The summed E-state index contributed by atoms with van der Waals surface area (Å²) in [4.78, 5) is 24.7. The monoisotopic (exact) mass is 224 g/mol. The van der Waals surface area contributed by atoms with Crippen LogP contribution < -0.4 is 5.32 Å². The molecule has 1 fully saturated rings. The van der Waals surface area contributed by atoms with Gasteiger partial charge in [0.15, 0.2) is 0 Å². The Hall–Kier alpha value is -1.16. The third kappa shape index (κ3) is 4.14. The van der Waals surface area contributed by atoms with Crippen molar-refractivity contribution >= 4 is 11.7 Å². The van der Waals surface area contributed by atoms with Crippen LogP contribution >= 0.6 is 0 Å². The largest absolute Gasteiger partial charge is 0.352 e. The van der Waals surface area contributed by atoms with E-state index in [0.717, 1.165) is 25.9 Å². The highest BCUT2D eigenvalue weighted by atomic mass is 16.2. The predicted molar refractivity (Wildman–Crippen MR) is 63.1 cm³/mol. The maximum absolute atomic E-state index is 11.4. The van der Waals surface area contributed by atoms with Crippen molar-refractivity contribution in [3.8, 4) is 0 Å². The number of nitrogens with zero attached hydrogens (tertiary/aromatic N) is 1. The fraction of sp³-hybridized carbons (Fsp3) is 0.667. The van der Waals surface area contributed by atoms with Crippen molar-refractivity contribution in [3.05, 3.63) is 12.7 Å². The number of hydrogen-bond donors (Lipinski definition) is 1. The van der Waals surface area contributed by atoms with E-state index in [1.807, 2.05) is 0 Å². The van der Waals surface area contributed by atoms with Gasteiger partial charge in [0.1, 0.15) is 5.78 Å². The number of piperidine rings is 1. The van der Waals surface area contributed by atoms with Crippen LogP contribution in [0.3, 0.4) is 0 Å². The standard InChI is InChI=1S/C12H20N2O2/c1-3-6-13-12(16)9-14-7-4-11(5-8-14)10(2)15/h3,11H,1,4-9H2,2H3,(H,13,16). The van der Waals surface area contributed by atoms with Gasteiger partial charge in [0, 0.05) is 12.5 Å². The topological polar surface area (TPSA) is 49.4 Å². The molecule has 0 atom stereocenters. The Morgan fingerprint density at radius 1 is 1.44 bits per heavy atom. The van der Waals surface area contributed by atoms with Crippen LogP contribution in [0.15, 0.2) is 12.7 Å². The third-order valence-electron chi connectivity index (χ3n) is 2.97. The Labute approximate surface area is 96.7 Å². The molecule has 0 aromatic heterocycles. The quantitative estimate of drug-likeness (QED) is 0.695. The maximum Gasteiger partial charge on any atom is 0.234 e. The van der Waals surface area contributed by atoms with Gasteiger partial charge in [-0.05, 0) is 32.9 Å². The molecule has 1 saturated heterocycles. The van der Waals surface area contributed by atoms with E-state index in [1.54, 1.807) is 13.0 Å². The van der Waals surface area contributed by atoms with Crippen LogP contribution in [-0.2, 0) is 9.59 Å². The number of nitrogens with one attached hydrogen (secondary N) is 1. The van der Waals surface area contributed by atoms with E-state index in [4.69, 9.17) is 0 Å². The van der Waals surface area contributed by atoms with Gasteiger partial charge in [0.2, 0.25) is 5.91 Å². The molecule has 0 aliphatic carbocycles. The number of hydrogen-bond acceptors (Lipinski definition) is 3. The lowest BCUT2D eigenvalue weighted by Crippen LogP contribution is -2.42. The molecule has 1 heterocycles. The molecule has 1 N–H and O–H groups in total. The summed E-state index contributed by atoms with van der Waals surface area (Å²) in [6.45, 7) is 7.82. The highest BCUT2D eigenvalue weighted by molar-refractivity contribution is 5.79. The summed E-state index contributed by atoms with van der Waals surface area (Å²) >= 11 is 0. The molecule has 0 saturated carbocycles. The fourth-order valence-electron chi connectivity index (χ4n) is 1.94. The Bertz CT molecular complexity index is 268. The Balaban J connectivity index is 2.23. The van der Waals surface area contributed by atoms with Crippen LogP contribution in [-0.4, -0.2) is 42.8 Å². The zero-order valence-electron chi connectivity index (χ0n) is 9.87. The SMILES string of the molecule is C=CCNC(=O)CN1CCC(C(C)=O)CC1. The number of Topliss-reactive ketones (excluding diaryl/α,β-unsaturated/α-hetero) is 1. The first-order chi connectivity index (χ1) is 7.63. The fourth-order valence-corrected chi connectivity index (χ4v) is 1.94. The second kappa shape index (κ2) is 6.43. The molecule has 90 valence electrons. The number of ketones is 1. The summed E-state index contributed by atoms with van der Waals surface area (Å²) in [5.74, 6) is 0.504. The van der Waals surface area contributed by atoms with E-state index in [2.05, 4.69) is 16.8 Å². The molecule has 1 amide bonds. The maximum atomic E-state index is 11.4. The zero-order valence-corrected chi connectivity index (χ0v) is 9.87. The molecule has 0 spiro atoms. The average Bonchev–Trinajstić information content (AvgIpc) is 2.27. The Morgan fingerprint density at radius 3 is 2.56 bits per heavy atom. The van der Waals surface area contributed by atoms with E-state index in [0.29, 0.717) is 13.1 Å². The first kappa shape index (κ1) is 12.9. The molecule has 1 aliphatic rings. The number of carbonyl (C=O) groups is 2. The average molecular weight is 224 g/mol. The molecule has 1 aliphatic heterocycles. The lowest BCUT2D eigenvalue weighted by atomic mass is 9.93. The third-order valence-corrected chi connectivity index (χ3v) is 2.97. The van der Waals surface area contributed by atoms with E-state index in [9.17, 15) is 9.59 Å². The van der Waals surface area contributed by atoms with Gasteiger partial charge in [-0.3, -0.25) is 14.5 Å². The van der Waals surface area contributed by atoms with Gasteiger partial charge in [-0.1, -0.05) is 6.08 Å². The van der Waals surface area contributed by atoms with Gasteiger partial charge in [0.25, 0.3) is 0 Å². The molecule has 4 nitrogen and oxygen atoms in total. The van der Waals surface area contributed by atoms with Crippen molar-refractivity contribution in [2.75, 3.05) is 26.2 Å². The predicted octanol–water partition coefficient (Wildman–Crippen LogP) is 0.590. The highest BCUT2D eigenvalue weighted by Crippen LogP contribution is 2.17. The van der Waals surface area contributed by atoms with E-state index < -0.39 is 0 Å². The second-order valence-corrected chi connectivity index (χ2v) is 4.25. The van der Waals surface area contributed by atoms with E-state index in [-0.39, 0.29) is 17.6 Å². The molecular weight excluding hydrogens is 204 g/mol. The summed E-state index contributed by atoms with van der Waals surface area (Å²) in [7, 11) is 0. The summed E-state index contributed by atoms with van der Waals surface area (Å²) < 4.78 is 0. The van der Waals surface area contributed by atoms with Crippen LogP contribution in [0, 0.1) is 5.92 Å². The summed E-state index contributed by atoms with van der Waals surface area (Å²) in [5.41, 5.74) is 0. The van der Waals surface area contributed by atoms with Crippen LogP contribution in [0.25, 0.3) is 0 Å². The van der Waals surface area contributed by atoms with Crippen molar-refractivity contribution in [3.63, 3.8) is 0 Å². The first-order valence-corrected chi connectivity index (χ1v) is 5.74. The van der Waals surface area contributed by atoms with Gasteiger partial charge < -0.3 is 5.32 Å². The Kier molecular flexibility index (Phi) is 5.19. The smallest absolute Gasteiger partial charge is 0.234 e. The van der Waals surface area contributed by atoms with Crippen molar-refractivity contribution in [2.45, 2.75) is 19.8 Å². The van der Waals surface area contributed by atoms with Crippen LogP contribution in [0.5, 0.6) is 0 Å². The minimum absolute atomic E-state index is 0.0289. The van der Waals surface area contributed by atoms with Crippen LogP contribution in [0.1, 0.15) is 19.8 Å². The molecule has 0 unspecified atom stereocenters. The lowest BCUT2D eigenvalue weighted by molar-refractivity contribution is -0.123. The highest BCUT2D eigenvalue weighted by Gasteiger charge is 2.23. The molecule has 0 radical (unpaired) electrons. The van der Waals surface area contributed by atoms with E-state index in [1.165, 1.54) is 0 Å². The number of rotatable bonds is 5.